The molecule has 10 heteroatoms. The summed E-state index contributed by atoms with van der Waals surface area (Å²) in [5, 5.41) is 2.94. The standard InChI is InChI=1S/C25H31N5O4S/c1-16(18-7-5-4-6-8-18)27-23(32)19-11-17(12-21(13-19)29-35(3,33)34)15-30-22(31)14-25(2,20-9-10-20)28-24(30)26/h4-8,11-13,16,20,29H,9-10,14-15H2,1-3H3,(H2,26,28)(H,27,32). The third kappa shape index (κ3) is 6.00. The van der Waals surface area contributed by atoms with Crippen LogP contribution < -0.4 is 15.8 Å². The van der Waals surface area contributed by atoms with E-state index in [0.717, 1.165) is 24.7 Å². The second-order valence-corrected chi connectivity index (χ2v) is 11.4. The van der Waals surface area contributed by atoms with Gasteiger partial charge in [-0.3, -0.25) is 19.2 Å². The lowest BCUT2D eigenvalue weighted by atomic mass is 9.90. The van der Waals surface area contributed by atoms with Crippen LogP contribution in [0.1, 0.15) is 60.6 Å². The Morgan fingerprint density at radius 3 is 2.51 bits per heavy atom. The highest BCUT2D eigenvalue weighted by Gasteiger charge is 2.46. The Balaban J connectivity index is 1.60. The topological polar surface area (TPSA) is 134 Å². The maximum Gasteiger partial charge on any atom is 0.251 e. The van der Waals surface area contributed by atoms with Crippen molar-refractivity contribution >= 4 is 33.5 Å². The summed E-state index contributed by atoms with van der Waals surface area (Å²) < 4.78 is 26.2. The highest BCUT2D eigenvalue weighted by atomic mass is 32.2. The minimum absolute atomic E-state index is 0.0721. The number of nitrogens with two attached hydrogens (primary N) is 1. The van der Waals surface area contributed by atoms with Crippen LogP contribution in [-0.4, -0.2) is 42.9 Å². The molecule has 2 unspecified atom stereocenters. The Kier molecular flexibility index (Phi) is 6.59. The SMILES string of the molecule is CC(NC(=O)c1cc(CN2C(=O)CC(C)(C3CC3)N=C2N)cc(NS(C)(=O)=O)c1)c1ccccc1. The number of hydrogen-bond acceptors (Lipinski definition) is 6. The fraction of sp³-hybridized carbons (Fsp3) is 0.400. The van der Waals surface area contributed by atoms with E-state index >= 15 is 0 Å². The number of hydrogen-bond donors (Lipinski definition) is 3. The number of nitrogens with zero attached hydrogens (tertiary/aromatic N) is 2. The Morgan fingerprint density at radius 2 is 1.91 bits per heavy atom. The number of carbonyl (C=O) groups excluding carboxylic acids is 2. The predicted octanol–water partition coefficient (Wildman–Crippen LogP) is 2.76. The first-order chi connectivity index (χ1) is 16.4. The number of anilines is 1. The molecule has 2 amide bonds. The van der Waals surface area contributed by atoms with Gasteiger partial charge in [0.15, 0.2) is 5.96 Å². The van der Waals surface area contributed by atoms with Gasteiger partial charge in [-0.25, -0.2) is 13.4 Å². The molecule has 1 heterocycles. The van der Waals surface area contributed by atoms with Crippen LogP contribution in [0.4, 0.5) is 5.69 Å². The molecule has 0 aromatic heterocycles. The Bertz CT molecular complexity index is 1270. The maximum absolute atomic E-state index is 13.1. The van der Waals surface area contributed by atoms with Gasteiger partial charge in [-0.05, 0) is 61.9 Å². The van der Waals surface area contributed by atoms with E-state index in [1.807, 2.05) is 44.2 Å². The normalized spacial score (nSPS) is 21.3. The summed E-state index contributed by atoms with van der Waals surface area (Å²) in [7, 11) is -3.59. The van der Waals surface area contributed by atoms with E-state index < -0.39 is 15.6 Å². The van der Waals surface area contributed by atoms with Crippen LogP contribution in [0, 0.1) is 5.92 Å². The molecule has 4 rings (SSSR count). The number of aliphatic imine (C=N–C) groups is 1. The van der Waals surface area contributed by atoms with Gasteiger partial charge in [0.2, 0.25) is 15.9 Å². The molecule has 2 aromatic carbocycles. The lowest BCUT2D eigenvalue weighted by Gasteiger charge is -2.35. The fourth-order valence-corrected chi connectivity index (χ4v) is 5.02. The van der Waals surface area contributed by atoms with Crippen LogP contribution in [0.25, 0.3) is 0 Å². The molecule has 9 nitrogen and oxygen atoms in total. The number of sulfonamides is 1. The molecule has 1 aliphatic heterocycles. The molecule has 0 bridgehead atoms. The van der Waals surface area contributed by atoms with Crippen LogP contribution in [0.15, 0.2) is 53.5 Å². The minimum atomic E-state index is -3.59. The van der Waals surface area contributed by atoms with Crippen molar-refractivity contribution in [2.75, 3.05) is 11.0 Å². The molecule has 1 saturated carbocycles. The molecular formula is C25H31N5O4S. The highest BCUT2D eigenvalue weighted by Crippen LogP contribution is 2.45. The molecule has 2 aromatic rings. The van der Waals surface area contributed by atoms with Crippen molar-refractivity contribution in [3.05, 3.63) is 65.2 Å². The number of carbonyl (C=O) groups is 2. The molecule has 4 N–H and O–H groups in total. The van der Waals surface area contributed by atoms with Crippen molar-refractivity contribution in [3.63, 3.8) is 0 Å². The van der Waals surface area contributed by atoms with Gasteiger partial charge in [-0.15, -0.1) is 0 Å². The van der Waals surface area contributed by atoms with Gasteiger partial charge in [0.1, 0.15) is 0 Å². The van der Waals surface area contributed by atoms with Gasteiger partial charge in [0, 0.05) is 11.3 Å². The molecular weight excluding hydrogens is 466 g/mol. The summed E-state index contributed by atoms with van der Waals surface area (Å²) in [6.07, 6.45) is 3.38. The lowest BCUT2D eigenvalue weighted by Crippen LogP contribution is -2.50. The van der Waals surface area contributed by atoms with Gasteiger partial charge >= 0.3 is 0 Å². The van der Waals surface area contributed by atoms with Crippen molar-refractivity contribution in [1.29, 1.82) is 0 Å². The second-order valence-electron chi connectivity index (χ2n) is 9.66. The molecule has 0 spiro atoms. The van der Waals surface area contributed by atoms with Gasteiger partial charge in [0.25, 0.3) is 5.91 Å². The molecule has 1 aliphatic carbocycles. The van der Waals surface area contributed by atoms with Crippen LogP contribution in [-0.2, 0) is 21.4 Å². The van der Waals surface area contributed by atoms with Gasteiger partial charge in [-0.1, -0.05) is 30.3 Å². The van der Waals surface area contributed by atoms with Gasteiger partial charge in [-0.2, -0.15) is 0 Å². The summed E-state index contributed by atoms with van der Waals surface area (Å²) in [5.74, 6) is 0.00178. The second kappa shape index (κ2) is 9.33. The van der Waals surface area contributed by atoms with Crippen LogP contribution in [0.2, 0.25) is 0 Å². The highest BCUT2D eigenvalue weighted by molar-refractivity contribution is 7.92. The first-order valence-electron chi connectivity index (χ1n) is 11.6. The summed E-state index contributed by atoms with van der Waals surface area (Å²) in [6, 6.07) is 13.9. The van der Waals surface area contributed by atoms with E-state index in [-0.39, 0.29) is 48.0 Å². The Labute approximate surface area is 205 Å². The predicted molar refractivity (Wildman–Crippen MR) is 135 cm³/mol. The molecule has 2 atom stereocenters. The number of guanidine groups is 1. The van der Waals surface area contributed by atoms with Gasteiger partial charge < -0.3 is 11.1 Å². The van der Waals surface area contributed by atoms with Gasteiger partial charge in [0.05, 0.1) is 30.8 Å². The molecule has 35 heavy (non-hydrogen) atoms. The van der Waals surface area contributed by atoms with E-state index in [9.17, 15) is 18.0 Å². The largest absolute Gasteiger partial charge is 0.369 e. The van der Waals surface area contributed by atoms with E-state index in [0.29, 0.717) is 11.5 Å². The first kappa shape index (κ1) is 24.7. The van der Waals surface area contributed by atoms with Crippen molar-refractivity contribution in [2.45, 2.75) is 51.2 Å². The van der Waals surface area contributed by atoms with Crippen LogP contribution in [0.5, 0.6) is 0 Å². The summed E-state index contributed by atoms with van der Waals surface area (Å²) in [6.45, 7) is 3.90. The van der Waals surface area contributed by atoms with Crippen molar-refractivity contribution in [1.82, 2.24) is 10.2 Å². The zero-order valence-electron chi connectivity index (χ0n) is 20.1. The van der Waals surface area contributed by atoms with E-state index in [1.54, 1.807) is 12.1 Å². The first-order valence-corrected chi connectivity index (χ1v) is 13.5. The van der Waals surface area contributed by atoms with Crippen molar-refractivity contribution in [2.24, 2.45) is 16.6 Å². The Morgan fingerprint density at radius 1 is 1.23 bits per heavy atom. The quantitative estimate of drug-likeness (QED) is 0.516. The molecule has 186 valence electrons. The van der Waals surface area contributed by atoms with E-state index in [1.165, 1.54) is 11.0 Å². The third-order valence-electron chi connectivity index (χ3n) is 6.46. The third-order valence-corrected chi connectivity index (χ3v) is 7.07. The average molecular weight is 498 g/mol. The minimum Gasteiger partial charge on any atom is -0.369 e. The number of rotatable bonds is 8. The number of amides is 2. The van der Waals surface area contributed by atoms with E-state index in [4.69, 9.17) is 5.73 Å². The number of benzene rings is 2. The molecule has 0 saturated heterocycles. The summed E-state index contributed by atoms with van der Waals surface area (Å²) >= 11 is 0. The van der Waals surface area contributed by atoms with Crippen molar-refractivity contribution < 1.29 is 18.0 Å². The Hall–Kier alpha value is -3.40. The zero-order chi connectivity index (χ0) is 25.4. The van der Waals surface area contributed by atoms with Crippen molar-refractivity contribution in [3.8, 4) is 0 Å². The van der Waals surface area contributed by atoms with Crippen LogP contribution in [0.3, 0.4) is 0 Å². The summed E-state index contributed by atoms with van der Waals surface area (Å²) in [4.78, 5) is 32.0. The van der Waals surface area contributed by atoms with Crippen LogP contribution >= 0.6 is 0 Å². The fourth-order valence-electron chi connectivity index (χ4n) is 4.48. The summed E-state index contributed by atoms with van der Waals surface area (Å²) in [5.41, 5.74) is 7.70. The smallest absolute Gasteiger partial charge is 0.251 e. The molecule has 0 radical (unpaired) electrons. The molecule has 2 aliphatic rings. The van der Waals surface area contributed by atoms with E-state index in [2.05, 4.69) is 15.0 Å². The monoisotopic (exact) mass is 497 g/mol. The lowest BCUT2D eigenvalue weighted by molar-refractivity contribution is -0.130. The average Bonchev–Trinajstić information content (AvgIpc) is 3.62. The number of nitrogens with one attached hydrogen (secondary N) is 2. The zero-order valence-corrected chi connectivity index (χ0v) is 20.9. The molecule has 1 fully saturated rings. The maximum atomic E-state index is 13.1.